The third-order valence-electron chi connectivity index (χ3n) is 5.65. The minimum Gasteiger partial charge on any atom is -0.507 e. The van der Waals surface area contributed by atoms with Crippen LogP contribution in [0.1, 0.15) is 35.2 Å². The number of benzene rings is 1. The van der Waals surface area contributed by atoms with E-state index in [1.165, 1.54) is 0 Å². The molecule has 3 aliphatic rings. The molecule has 9 nitrogen and oxygen atoms in total. The number of rotatable bonds is 4. The average molecular weight is 477 g/mol. The first kappa shape index (κ1) is 23.1. The van der Waals surface area contributed by atoms with Crippen molar-refractivity contribution in [2.75, 3.05) is 26.3 Å². The normalized spacial score (nSPS) is 26.2. The summed E-state index contributed by atoms with van der Waals surface area (Å²) in [6, 6.07) is 1.00. The zero-order valence-electron chi connectivity index (χ0n) is 17.9. The Morgan fingerprint density at radius 2 is 2.09 bits per heavy atom. The molecule has 1 unspecified atom stereocenters. The van der Waals surface area contributed by atoms with Crippen molar-refractivity contribution in [3.05, 3.63) is 46.5 Å². The van der Waals surface area contributed by atoms with Crippen LogP contribution in [0.2, 0.25) is 5.02 Å². The number of halogens is 1. The molecule has 2 N–H and O–H groups in total. The number of carbonyl (C=O) groups is 2. The van der Waals surface area contributed by atoms with E-state index in [9.17, 15) is 19.8 Å². The predicted molar refractivity (Wildman–Crippen MR) is 120 cm³/mol. The van der Waals surface area contributed by atoms with E-state index in [1.807, 2.05) is 12.2 Å². The summed E-state index contributed by atoms with van der Waals surface area (Å²) in [6.07, 6.45) is 8.96. The van der Waals surface area contributed by atoms with Crippen molar-refractivity contribution in [2.45, 2.75) is 37.9 Å². The fourth-order valence-electron chi connectivity index (χ4n) is 3.84. The number of carbonyl (C=O) groups excluding carboxylic acids is 2. The minimum absolute atomic E-state index is 0.0131. The van der Waals surface area contributed by atoms with E-state index in [0.717, 1.165) is 12.5 Å². The largest absolute Gasteiger partial charge is 0.507 e. The Morgan fingerprint density at radius 1 is 1.24 bits per heavy atom. The molecule has 3 aliphatic heterocycles. The van der Waals surface area contributed by atoms with Crippen molar-refractivity contribution in [3.63, 3.8) is 0 Å². The van der Waals surface area contributed by atoms with Gasteiger partial charge < -0.3 is 29.4 Å². The van der Waals surface area contributed by atoms with Gasteiger partial charge >= 0.3 is 5.97 Å². The van der Waals surface area contributed by atoms with Gasteiger partial charge in [-0.2, -0.15) is 0 Å². The van der Waals surface area contributed by atoms with Crippen LogP contribution in [-0.2, 0) is 25.5 Å². The summed E-state index contributed by atoms with van der Waals surface area (Å²) in [5.41, 5.74) is 0.420. The Balaban J connectivity index is 1.59. The highest BCUT2D eigenvalue weighted by molar-refractivity contribution is 6.33. The highest BCUT2D eigenvalue weighted by atomic mass is 35.5. The van der Waals surface area contributed by atoms with Crippen LogP contribution in [0.4, 0.5) is 0 Å². The number of phenolic OH excluding ortho intramolecular Hbond substituents is 2. The Labute approximate surface area is 195 Å². The van der Waals surface area contributed by atoms with E-state index in [2.05, 4.69) is 5.16 Å². The van der Waals surface area contributed by atoms with Crippen LogP contribution in [-0.4, -0.2) is 71.2 Å². The molecule has 0 radical (unpaired) electrons. The van der Waals surface area contributed by atoms with E-state index < -0.39 is 11.7 Å². The summed E-state index contributed by atoms with van der Waals surface area (Å²) in [6.45, 7) is 1.44. The van der Waals surface area contributed by atoms with Gasteiger partial charge in [0.25, 0.3) is 0 Å². The second-order valence-electron chi connectivity index (χ2n) is 7.97. The lowest BCUT2D eigenvalue weighted by Crippen LogP contribution is -2.28. The van der Waals surface area contributed by atoms with E-state index in [1.54, 1.807) is 17.1 Å². The Morgan fingerprint density at radius 3 is 2.88 bits per heavy atom. The van der Waals surface area contributed by atoms with Crippen molar-refractivity contribution in [3.8, 4) is 11.5 Å². The van der Waals surface area contributed by atoms with Crippen molar-refractivity contribution < 1.29 is 34.1 Å². The van der Waals surface area contributed by atoms with Gasteiger partial charge in [0.15, 0.2) is 0 Å². The summed E-state index contributed by atoms with van der Waals surface area (Å²) in [4.78, 5) is 31.6. The number of amides is 1. The van der Waals surface area contributed by atoms with Crippen LogP contribution in [0, 0.1) is 0 Å². The third-order valence-corrected chi connectivity index (χ3v) is 6.07. The number of hydrogen-bond donors (Lipinski definition) is 2. The molecule has 3 heterocycles. The molecule has 33 heavy (non-hydrogen) atoms. The van der Waals surface area contributed by atoms with Gasteiger partial charge in [0.2, 0.25) is 5.91 Å². The summed E-state index contributed by atoms with van der Waals surface area (Å²) < 4.78 is 10.8. The summed E-state index contributed by atoms with van der Waals surface area (Å²) >= 11 is 6.29. The van der Waals surface area contributed by atoms with Crippen LogP contribution in [0.5, 0.6) is 11.5 Å². The van der Waals surface area contributed by atoms with Crippen molar-refractivity contribution in [2.24, 2.45) is 5.16 Å². The summed E-state index contributed by atoms with van der Waals surface area (Å²) in [5, 5.41) is 24.5. The monoisotopic (exact) mass is 476 g/mol. The van der Waals surface area contributed by atoms with Gasteiger partial charge in [-0.25, -0.2) is 4.79 Å². The Hall–Kier alpha value is -3.04. The van der Waals surface area contributed by atoms with Crippen LogP contribution < -0.4 is 0 Å². The van der Waals surface area contributed by atoms with E-state index in [4.69, 9.17) is 25.9 Å². The highest BCUT2D eigenvalue weighted by Gasteiger charge is 2.36. The standard InChI is InChI=1S/C23H25ClN2O7/c24-22-15-12-14(25-32-11-9-26-8-3-6-20(26)29)4-1-2-5-18-19(33-18)7-10-31-23(30)21(15)16(27)13-17(22)28/h1-2,4-5,13,18-19,27-28H,3,6-12H2/b4-1+,5-2-,25-14-/t18?,19-/m0/s1. The average Bonchev–Trinajstić information content (AvgIpc) is 3.40. The first-order chi connectivity index (χ1) is 15.9. The quantitative estimate of drug-likeness (QED) is 0.296. The number of hydrogen-bond acceptors (Lipinski definition) is 8. The van der Waals surface area contributed by atoms with Crippen molar-refractivity contribution in [1.82, 2.24) is 4.90 Å². The van der Waals surface area contributed by atoms with Gasteiger partial charge in [0.05, 0.1) is 30.0 Å². The lowest BCUT2D eigenvalue weighted by atomic mass is 9.99. The number of epoxide rings is 1. The zero-order chi connectivity index (χ0) is 23.4. The van der Waals surface area contributed by atoms with Gasteiger partial charge in [-0.3, -0.25) is 4.79 Å². The van der Waals surface area contributed by atoms with Crippen LogP contribution in [0.25, 0.3) is 0 Å². The Kier molecular flexibility index (Phi) is 7.20. The van der Waals surface area contributed by atoms with E-state index in [0.29, 0.717) is 31.6 Å². The third kappa shape index (κ3) is 5.66. The first-order valence-electron chi connectivity index (χ1n) is 10.8. The van der Waals surface area contributed by atoms with E-state index >= 15 is 0 Å². The maximum absolute atomic E-state index is 12.7. The molecule has 4 rings (SSSR count). The summed E-state index contributed by atoms with van der Waals surface area (Å²) in [5.74, 6) is -1.47. The second kappa shape index (κ2) is 10.3. The number of nitrogens with zero attached hydrogens (tertiary/aromatic N) is 2. The number of phenols is 2. The number of cyclic esters (lactones) is 1. The van der Waals surface area contributed by atoms with Crippen molar-refractivity contribution in [1.29, 1.82) is 0 Å². The molecule has 2 saturated heterocycles. The molecule has 0 saturated carbocycles. The number of allylic oxidation sites excluding steroid dienone is 3. The van der Waals surface area contributed by atoms with Gasteiger partial charge in [0, 0.05) is 31.9 Å². The van der Waals surface area contributed by atoms with Gasteiger partial charge in [-0.1, -0.05) is 35.0 Å². The van der Waals surface area contributed by atoms with Gasteiger partial charge in [-0.05, 0) is 18.1 Å². The fraction of sp³-hybridized carbons (Fsp3) is 0.435. The first-order valence-corrected chi connectivity index (χ1v) is 11.2. The molecule has 0 spiro atoms. The predicted octanol–water partition coefficient (Wildman–Crippen LogP) is 2.73. The van der Waals surface area contributed by atoms with E-state index in [-0.39, 0.29) is 59.6 Å². The number of ether oxygens (including phenoxy) is 2. The molecule has 1 aromatic carbocycles. The lowest BCUT2D eigenvalue weighted by molar-refractivity contribution is -0.128. The molecule has 176 valence electrons. The van der Waals surface area contributed by atoms with Crippen LogP contribution in [0.3, 0.4) is 0 Å². The molecule has 2 fully saturated rings. The fourth-order valence-corrected chi connectivity index (χ4v) is 4.05. The number of esters is 1. The molecular formula is C23H25ClN2O7. The molecule has 2 atom stereocenters. The molecule has 1 aromatic rings. The van der Waals surface area contributed by atoms with Gasteiger partial charge in [0.1, 0.15) is 29.8 Å². The lowest BCUT2D eigenvalue weighted by Gasteiger charge is -2.15. The Bertz CT molecular complexity index is 1020. The number of likely N-dealkylation sites (tertiary alicyclic amines) is 1. The van der Waals surface area contributed by atoms with Crippen LogP contribution in [0.15, 0.2) is 35.5 Å². The van der Waals surface area contributed by atoms with Gasteiger partial charge in [-0.15, -0.1) is 0 Å². The van der Waals surface area contributed by atoms with Crippen molar-refractivity contribution >= 4 is 29.2 Å². The molecular weight excluding hydrogens is 452 g/mol. The second-order valence-corrected chi connectivity index (χ2v) is 8.35. The number of fused-ring (bicyclic) bond motifs is 2. The zero-order valence-corrected chi connectivity index (χ0v) is 18.7. The molecule has 0 bridgehead atoms. The van der Waals surface area contributed by atoms with Crippen LogP contribution >= 0.6 is 11.6 Å². The minimum atomic E-state index is -0.758. The topological polar surface area (TPSA) is 121 Å². The number of aromatic hydroxyl groups is 2. The smallest absolute Gasteiger partial charge is 0.342 e. The highest BCUT2D eigenvalue weighted by Crippen LogP contribution is 2.37. The molecule has 0 aromatic heterocycles. The SMILES string of the molecule is O=C1OCC[C@@H]2OC2\C=C/C=C/C(=N/OCCN2CCCC2=O)Cc2c(Cl)c(O)cc(O)c21. The maximum Gasteiger partial charge on any atom is 0.342 e. The summed E-state index contributed by atoms with van der Waals surface area (Å²) in [7, 11) is 0. The molecule has 10 heteroatoms. The molecule has 1 amide bonds. The number of oxime groups is 1. The maximum atomic E-state index is 12.7. The molecule has 0 aliphatic carbocycles.